The third-order valence-corrected chi connectivity index (χ3v) is 1.93. The maximum Gasteiger partial charge on any atom is 0.265 e. The highest BCUT2D eigenvalue weighted by atomic mass is 19.3. The van der Waals surface area contributed by atoms with Crippen molar-refractivity contribution in [1.82, 2.24) is 4.90 Å². The van der Waals surface area contributed by atoms with Crippen LogP contribution in [0.3, 0.4) is 0 Å². The predicted octanol–water partition coefficient (Wildman–Crippen LogP) is 0.710. The number of rotatable bonds is 0. The maximum atomic E-state index is 12.3. The minimum absolute atomic E-state index is 0.0810. The molecular formula is C5H7F2N. The van der Waals surface area contributed by atoms with E-state index in [9.17, 15) is 8.78 Å². The van der Waals surface area contributed by atoms with Crippen LogP contribution in [0.5, 0.6) is 0 Å². The van der Waals surface area contributed by atoms with Gasteiger partial charge >= 0.3 is 0 Å². The summed E-state index contributed by atoms with van der Waals surface area (Å²) < 4.78 is 24.7. The van der Waals surface area contributed by atoms with Crippen LogP contribution in [-0.4, -0.2) is 30.0 Å². The first kappa shape index (κ1) is 4.68. The third kappa shape index (κ3) is 0.426. The molecule has 1 nitrogen and oxygen atoms in total. The Labute approximate surface area is 46.3 Å². The number of piperidine rings is 1. The number of hydrogen-bond donors (Lipinski definition) is 0. The molecule has 2 aliphatic heterocycles. The van der Waals surface area contributed by atoms with Gasteiger partial charge in [0.25, 0.3) is 5.92 Å². The van der Waals surface area contributed by atoms with Crippen molar-refractivity contribution in [2.75, 3.05) is 13.1 Å². The molecule has 0 aromatic carbocycles. The van der Waals surface area contributed by atoms with Crippen LogP contribution in [0.1, 0.15) is 6.42 Å². The second-order valence-corrected chi connectivity index (χ2v) is 2.52. The predicted molar refractivity (Wildman–Crippen MR) is 24.9 cm³/mol. The number of nitrogens with zero attached hydrogens (tertiary/aromatic N) is 1. The van der Waals surface area contributed by atoms with Crippen molar-refractivity contribution in [2.24, 2.45) is 0 Å². The highest BCUT2D eigenvalue weighted by Gasteiger charge is 2.58. The lowest BCUT2D eigenvalue weighted by Gasteiger charge is -2.05. The average molecular weight is 119 g/mol. The summed E-state index contributed by atoms with van der Waals surface area (Å²) in [5.74, 6) is -2.35. The van der Waals surface area contributed by atoms with E-state index in [1.165, 1.54) is 0 Å². The number of alkyl halides is 2. The monoisotopic (exact) mass is 119 g/mol. The minimum Gasteiger partial charge on any atom is -0.292 e. The SMILES string of the molecule is FC1(F)CCN2CC21. The fraction of sp³-hybridized carbons (Fsp3) is 1.00. The summed E-state index contributed by atoms with van der Waals surface area (Å²) in [5, 5.41) is 0. The standard InChI is InChI=1S/C5H7F2N/c6-5(7)1-2-8-3-4(5)8/h4H,1-3H2. The van der Waals surface area contributed by atoms with E-state index in [0.29, 0.717) is 13.1 Å². The molecule has 2 fully saturated rings. The van der Waals surface area contributed by atoms with Gasteiger partial charge in [-0.1, -0.05) is 0 Å². The zero-order valence-corrected chi connectivity index (χ0v) is 4.40. The Morgan fingerprint density at radius 3 is 2.38 bits per heavy atom. The van der Waals surface area contributed by atoms with E-state index < -0.39 is 5.92 Å². The highest BCUT2D eigenvalue weighted by Crippen LogP contribution is 2.42. The van der Waals surface area contributed by atoms with Gasteiger partial charge in [0.15, 0.2) is 0 Å². The molecule has 0 N–H and O–H groups in total. The molecule has 3 heteroatoms. The van der Waals surface area contributed by atoms with E-state index in [-0.39, 0.29) is 12.5 Å². The topological polar surface area (TPSA) is 3.01 Å². The van der Waals surface area contributed by atoms with E-state index >= 15 is 0 Å². The Balaban J connectivity index is 2.17. The average Bonchev–Trinajstić information content (AvgIpc) is 2.34. The summed E-state index contributed by atoms with van der Waals surface area (Å²) in [5.41, 5.74) is 0. The highest BCUT2D eigenvalue weighted by molar-refractivity contribution is 5.05. The Morgan fingerprint density at radius 2 is 2.25 bits per heavy atom. The van der Waals surface area contributed by atoms with Crippen molar-refractivity contribution in [1.29, 1.82) is 0 Å². The van der Waals surface area contributed by atoms with Gasteiger partial charge < -0.3 is 0 Å². The molecule has 0 bridgehead atoms. The molecule has 2 saturated heterocycles. The van der Waals surface area contributed by atoms with Crippen LogP contribution in [0.25, 0.3) is 0 Å². The molecular weight excluding hydrogens is 112 g/mol. The summed E-state index contributed by atoms with van der Waals surface area (Å²) in [6.07, 6.45) is 0.0810. The molecule has 0 spiro atoms. The van der Waals surface area contributed by atoms with Crippen LogP contribution in [0.2, 0.25) is 0 Å². The van der Waals surface area contributed by atoms with Gasteiger partial charge in [-0.05, 0) is 0 Å². The van der Waals surface area contributed by atoms with Gasteiger partial charge in [-0.3, -0.25) is 4.90 Å². The van der Waals surface area contributed by atoms with Gasteiger partial charge in [-0.25, -0.2) is 8.78 Å². The van der Waals surface area contributed by atoms with Crippen LogP contribution in [0, 0.1) is 0 Å². The fourth-order valence-electron chi connectivity index (χ4n) is 1.28. The molecule has 0 saturated carbocycles. The lowest BCUT2D eigenvalue weighted by molar-refractivity contribution is 0.00955. The lowest BCUT2D eigenvalue weighted by atomic mass is 10.2. The summed E-state index contributed by atoms with van der Waals surface area (Å²) >= 11 is 0. The molecule has 0 aliphatic carbocycles. The maximum absolute atomic E-state index is 12.3. The summed E-state index contributed by atoms with van der Waals surface area (Å²) in [4.78, 5) is 1.81. The molecule has 2 heterocycles. The summed E-state index contributed by atoms with van der Waals surface area (Å²) in [6.45, 7) is 1.24. The Bertz CT molecular complexity index is 124. The first-order valence-electron chi connectivity index (χ1n) is 2.82. The van der Waals surface area contributed by atoms with Crippen molar-refractivity contribution >= 4 is 0 Å². The second kappa shape index (κ2) is 1.05. The Morgan fingerprint density at radius 1 is 1.50 bits per heavy atom. The molecule has 0 amide bonds. The van der Waals surface area contributed by atoms with Gasteiger partial charge in [0.1, 0.15) is 0 Å². The van der Waals surface area contributed by atoms with E-state index in [2.05, 4.69) is 0 Å². The molecule has 46 valence electrons. The quantitative estimate of drug-likeness (QED) is 0.424. The van der Waals surface area contributed by atoms with Gasteiger partial charge in [-0.2, -0.15) is 0 Å². The smallest absolute Gasteiger partial charge is 0.265 e. The largest absolute Gasteiger partial charge is 0.292 e. The Hall–Kier alpha value is -0.180. The fourth-order valence-corrected chi connectivity index (χ4v) is 1.28. The van der Waals surface area contributed by atoms with Gasteiger partial charge in [-0.15, -0.1) is 0 Å². The van der Waals surface area contributed by atoms with Crippen LogP contribution in [-0.2, 0) is 0 Å². The first-order chi connectivity index (χ1) is 3.70. The van der Waals surface area contributed by atoms with E-state index in [1.54, 1.807) is 4.90 Å². The summed E-state index contributed by atoms with van der Waals surface area (Å²) in [6, 6.07) is -0.373. The third-order valence-electron chi connectivity index (χ3n) is 1.93. The zero-order valence-electron chi connectivity index (χ0n) is 4.40. The minimum atomic E-state index is -2.35. The Kier molecular flexibility index (Phi) is 0.615. The zero-order chi connectivity index (χ0) is 5.78. The molecule has 8 heavy (non-hydrogen) atoms. The molecule has 0 aromatic heterocycles. The van der Waals surface area contributed by atoms with Gasteiger partial charge in [0, 0.05) is 19.5 Å². The van der Waals surface area contributed by atoms with Crippen LogP contribution >= 0.6 is 0 Å². The van der Waals surface area contributed by atoms with Crippen molar-refractivity contribution in [2.45, 2.75) is 18.4 Å². The van der Waals surface area contributed by atoms with Crippen LogP contribution in [0.15, 0.2) is 0 Å². The van der Waals surface area contributed by atoms with Crippen LogP contribution in [0.4, 0.5) is 8.78 Å². The van der Waals surface area contributed by atoms with E-state index in [4.69, 9.17) is 0 Å². The molecule has 2 atom stereocenters. The number of fused-ring (bicyclic) bond motifs is 1. The van der Waals surface area contributed by atoms with E-state index in [1.807, 2.05) is 0 Å². The summed E-state index contributed by atoms with van der Waals surface area (Å²) in [7, 11) is 0. The lowest BCUT2D eigenvalue weighted by Crippen LogP contribution is -2.19. The first-order valence-corrected chi connectivity index (χ1v) is 2.82. The van der Waals surface area contributed by atoms with Crippen molar-refractivity contribution in [3.05, 3.63) is 0 Å². The molecule has 2 aliphatic rings. The number of hydrogen-bond acceptors (Lipinski definition) is 1. The van der Waals surface area contributed by atoms with Gasteiger partial charge in [0.2, 0.25) is 0 Å². The molecule has 0 radical (unpaired) electrons. The molecule has 2 unspecified atom stereocenters. The van der Waals surface area contributed by atoms with Gasteiger partial charge in [0.05, 0.1) is 6.04 Å². The number of halogens is 2. The molecule has 2 rings (SSSR count). The normalized spacial score (nSPS) is 48.8. The molecule has 0 aromatic rings. The second-order valence-electron chi connectivity index (χ2n) is 2.52. The van der Waals surface area contributed by atoms with Crippen molar-refractivity contribution in [3.63, 3.8) is 0 Å². The van der Waals surface area contributed by atoms with Crippen molar-refractivity contribution in [3.8, 4) is 0 Å². The van der Waals surface area contributed by atoms with Crippen LogP contribution < -0.4 is 0 Å². The van der Waals surface area contributed by atoms with E-state index in [0.717, 1.165) is 0 Å². The van der Waals surface area contributed by atoms with Crippen molar-refractivity contribution < 1.29 is 8.78 Å².